The van der Waals surface area contributed by atoms with Crippen LogP contribution in [0.1, 0.15) is 18.5 Å². The number of aryl methyl sites for hydroxylation is 1. The van der Waals surface area contributed by atoms with Crippen molar-refractivity contribution in [1.82, 2.24) is 9.97 Å². The first-order chi connectivity index (χ1) is 6.68. The fraction of sp³-hybridized carbons (Fsp3) is 0.556. The molecule has 1 aliphatic rings. The van der Waals surface area contributed by atoms with E-state index in [4.69, 9.17) is 11.6 Å². The maximum atomic E-state index is 5.97. The van der Waals surface area contributed by atoms with Crippen molar-refractivity contribution in [2.45, 2.75) is 19.8 Å². The van der Waals surface area contributed by atoms with Gasteiger partial charge in [0.2, 0.25) is 5.95 Å². The molecule has 0 spiro atoms. The van der Waals surface area contributed by atoms with E-state index in [0.29, 0.717) is 5.15 Å². The highest BCUT2D eigenvalue weighted by molar-refractivity contribution is 9.10. The molecule has 1 saturated heterocycles. The number of rotatable bonds is 1. The molecule has 2 heterocycles. The van der Waals surface area contributed by atoms with Gasteiger partial charge < -0.3 is 4.90 Å². The first-order valence-corrected chi connectivity index (χ1v) is 5.80. The van der Waals surface area contributed by atoms with Crippen molar-refractivity contribution in [2.24, 2.45) is 0 Å². The Kier molecular flexibility index (Phi) is 2.93. The second kappa shape index (κ2) is 4.03. The van der Waals surface area contributed by atoms with E-state index in [9.17, 15) is 0 Å². The fourth-order valence-corrected chi connectivity index (χ4v) is 1.96. The molecule has 5 heteroatoms. The highest BCUT2D eigenvalue weighted by Gasteiger charge is 2.17. The molecule has 3 nitrogen and oxygen atoms in total. The van der Waals surface area contributed by atoms with E-state index in [1.165, 1.54) is 12.8 Å². The summed E-state index contributed by atoms with van der Waals surface area (Å²) in [5, 5.41) is 0.499. The van der Waals surface area contributed by atoms with Crippen LogP contribution in [0.3, 0.4) is 0 Å². The summed E-state index contributed by atoms with van der Waals surface area (Å²) in [4.78, 5) is 10.8. The molecule has 0 atom stereocenters. The van der Waals surface area contributed by atoms with E-state index in [2.05, 4.69) is 30.8 Å². The molecule has 76 valence electrons. The first kappa shape index (κ1) is 10.2. The molecule has 0 saturated carbocycles. The summed E-state index contributed by atoms with van der Waals surface area (Å²) in [5.74, 6) is 0.758. The van der Waals surface area contributed by atoms with Crippen LogP contribution in [0.25, 0.3) is 0 Å². The molecule has 0 N–H and O–H groups in total. The summed E-state index contributed by atoms with van der Waals surface area (Å²) in [6, 6.07) is 0. The van der Waals surface area contributed by atoms with Crippen molar-refractivity contribution in [3.8, 4) is 0 Å². The number of hydrogen-bond donors (Lipinski definition) is 0. The summed E-state index contributed by atoms with van der Waals surface area (Å²) in [6.07, 6.45) is 2.44. The van der Waals surface area contributed by atoms with E-state index in [-0.39, 0.29) is 0 Å². The zero-order valence-corrected chi connectivity index (χ0v) is 10.3. The van der Waals surface area contributed by atoms with Gasteiger partial charge in [0, 0.05) is 13.1 Å². The van der Waals surface area contributed by atoms with E-state index >= 15 is 0 Å². The lowest BCUT2D eigenvalue weighted by Gasteiger charge is -2.15. The van der Waals surface area contributed by atoms with Gasteiger partial charge >= 0.3 is 0 Å². The second-order valence-corrected chi connectivity index (χ2v) is 4.56. The van der Waals surface area contributed by atoms with Crippen LogP contribution in [0.15, 0.2) is 4.47 Å². The quantitative estimate of drug-likeness (QED) is 0.739. The molecule has 0 aromatic carbocycles. The van der Waals surface area contributed by atoms with Gasteiger partial charge in [-0.25, -0.2) is 4.98 Å². The molecule has 0 bridgehead atoms. The van der Waals surface area contributed by atoms with Gasteiger partial charge in [-0.2, -0.15) is 4.98 Å². The van der Waals surface area contributed by atoms with Crippen molar-refractivity contribution < 1.29 is 0 Å². The molecule has 2 rings (SSSR count). The Balaban J connectivity index is 2.34. The Hall–Kier alpha value is -0.350. The Labute approximate surface area is 96.6 Å². The molecule has 14 heavy (non-hydrogen) atoms. The Morgan fingerprint density at radius 1 is 1.29 bits per heavy atom. The van der Waals surface area contributed by atoms with Crippen LogP contribution in [-0.4, -0.2) is 23.1 Å². The van der Waals surface area contributed by atoms with Gasteiger partial charge in [-0.1, -0.05) is 11.6 Å². The molecular weight excluding hydrogens is 265 g/mol. The first-order valence-electron chi connectivity index (χ1n) is 4.63. The summed E-state index contributed by atoms with van der Waals surface area (Å²) in [5.41, 5.74) is 0.895. The average molecular weight is 277 g/mol. The van der Waals surface area contributed by atoms with Crippen molar-refractivity contribution in [3.05, 3.63) is 15.3 Å². The topological polar surface area (TPSA) is 29.0 Å². The van der Waals surface area contributed by atoms with Crippen LogP contribution in [0, 0.1) is 6.92 Å². The standard InChI is InChI=1S/C9H11BrClN3/c1-6-7(10)8(11)13-9(12-6)14-4-2-3-5-14/h2-5H2,1H3. The third kappa shape index (κ3) is 1.86. The van der Waals surface area contributed by atoms with E-state index in [1.54, 1.807) is 0 Å². The van der Waals surface area contributed by atoms with Crippen molar-refractivity contribution >= 4 is 33.5 Å². The predicted molar refractivity (Wildman–Crippen MR) is 60.9 cm³/mol. The van der Waals surface area contributed by atoms with Gasteiger partial charge in [0.1, 0.15) is 5.15 Å². The fourth-order valence-electron chi connectivity index (χ4n) is 1.57. The number of halogens is 2. The minimum absolute atomic E-state index is 0.499. The maximum Gasteiger partial charge on any atom is 0.227 e. The SMILES string of the molecule is Cc1nc(N2CCCC2)nc(Cl)c1Br. The van der Waals surface area contributed by atoms with Crippen molar-refractivity contribution in [2.75, 3.05) is 18.0 Å². The lowest BCUT2D eigenvalue weighted by molar-refractivity contribution is 0.886. The van der Waals surface area contributed by atoms with E-state index < -0.39 is 0 Å². The second-order valence-electron chi connectivity index (χ2n) is 3.41. The highest BCUT2D eigenvalue weighted by Crippen LogP contribution is 2.26. The Morgan fingerprint density at radius 2 is 1.93 bits per heavy atom. The summed E-state index contributed by atoms with van der Waals surface area (Å²) in [6.45, 7) is 4.01. The van der Waals surface area contributed by atoms with Crippen LogP contribution in [-0.2, 0) is 0 Å². The minimum Gasteiger partial charge on any atom is -0.341 e. The molecular formula is C9H11BrClN3. The molecule has 0 radical (unpaired) electrons. The van der Waals surface area contributed by atoms with Crippen LogP contribution in [0.4, 0.5) is 5.95 Å². The number of aromatic nitrogens is 2. The number of anilines is 1. The third-order valence-electron chi connectivity index (χ3n) is 2.35. The molecule has 0 amide bonds. The smallest absolute Gasteiger partial charge is 0.227 e. The van der Waals surface area contributed by atoms with Gasteiger partial charge in [0.25, 0.3) is 0 Å². The summed E-state index contributed by atoms with van der Waals surface area (Å²) in [7, 11) is 0. The van der Waals surface area contributed by atoms with Gasteiger partial charge in [-0.05, 0) is 35.7 Å². The van der Waals surface area contributed by atoms with Crippen LogP contribution < -0.4 is 4.90 Å². The van der Waals surface area contributed by atoms with Crippen molar-refractivity contribution in [3.63, 3.8) is 0 Å². The zero-order valence-electron chi connectivity index (χ0n) is 7.93. The normalized spacial score (nSPS) is 16.4. The van der Waals surface area contributed by atoms with Gasteiger partial charge in [0.05, 0.1) is 10.2 Å². The Bertz CT molecular complexity index is 327. The molecule has 1 aromatic rings. The number of hydrogen-bond acceptors (Lipinski definition) is 3. The lowest BCUT2D eigenvalue weighted by atomic mass is 10.4. The highest BCUT2D eigenvalue weighted by atomic mass is 79.9. The molecule has 1 aromatic heterocycles. The van der Waals surface area contributed by atoms with Crippen LogP contribution in [0.5, 0.6) is 0 Å². The van der Waals surface area contributed by atoms with E-state index in [1.807, 2.05) is 6.92 Å². The average Bonchev–Trinajstić information content (AvgIpc) is 2.66. The monoisotopic (exact) mass is 275 g/mol. The maximum absolute atomic E-state index is 5.97. The van der Waals surface area contributed by atoms with Crippen LogP contribution >= 0.6 is 27.5 Å². The van der Waals surface area contributed by atoms with Gasteiger partial charge in [-0.3, -0.25) is 0 Å². The molecule has 1 fully saturated rings. The Morgan fingerprint density at radius 3 is 2.50 bits per heavy atom. The summed E-state index contributed by atoms with van der Waals surface area (Å²) < 4.78 is 0.794. The third-order valence-corrected chi connectivity index (χ3v) is 3.80. The zero-order chi connectivity index (χ0) is 10.1. The van der Waals surface area contributed by atoms with E-state index in [0.717, 1.165) is 29.2 Å². The molecule has 0 aliphatic carbocycles. The number of nitrogens with zero attached hydrogens (tertiary/aromatic N) is 3. The minimum atomic E-state index is 0.499. The molecule has 1 aliphatic heterocycles. The largest absolute Gasteiger partial charge is 0.341 e. The lowest BCUT2D eigenvalue weighted by Crippen LogP contribution is -2.20. The predicted octanol–water partition coefficient (Wildman–Crippen LogP) is 2.80. The van der Waals surface area contributed by atoms with Crippen LogP contribution in [0.2, 0.25) is 5.15 Å². The summed E-state index contributed by atoms with van der Waals surface area (Å²) >= 11 is 9.32. The molecule has 0 unspecified atom stereocenters. The van der Waals surface area contributed by atoms with Gasteiger partial charge in [0.15, 0.2) is 0 Å². The van der Waals surface area contributed by atoms with Gasteiger partial charge in [-0.15, -0.1) is 0 Å². The van der Waals surface area contributed by atoms with Crippen molar-refractivity contribution in [1.29, 1.82) is 0 Å².